The van der Waals surface area contributed by atoms with Gasteiger partial charge in [0, 0.05) is 45.2 Å². The number of carbonyl (C=O) groups excluding carboxylic acids is 1. The zero-order valence-electron chi connectivity index (χ0n) is 14.6. The highest BCUT2D eigenvalue weighted by atomic mass is 32.2. The van der Waals surface area contributed by atoms with Crippen molar-refractivity contribution >= 4 is 15.9 Å². The van der Waals surface area contributed by atoms with Gasteiger partial charge in [0.25, 0.3) is 0 Å². The van der Waals surface area contributed by atoms with Crippen molar-refractivity contribution in [3.05, 3.63) is 0 Å². The summed E-state index contributed by atoms with van der Waals surface area (Å²) in [6.07, 6.45) is 3.77. The molecule has 2 atom stereocenters. The SMILES string of the molecule is C[C@@H]1C[C@@H](C)CN(CCNC(=O)C2CCN(S(C)(=O)=O)CC2)C1. The van der Waals surface area contributed by atoms with Crippen LogP contribution in [0, 0.1) is 17.8 Å². The number of nitrogens with zero attached hydrogens (tertiary/aromatic N) is 2. The van der Waals surface area contributed by atoms with Crippen molar-refractivity contribution in [3.8, 4) is 0 Å². The van der Waals surface area contributed by atoms with Crippen LogP contribution in [0.25, 0.3) is 0 Å². The summed E-state index contributed by atoms with van der Waals surface area (Å²) >= 11 is 0. The number of amides is 1. The second kappa shape index (κ2) is 7.94. The second-order valence-electron chi connectivity index (χ2n) is 7.43. The highest BCUT2D eigenvalue weighted by molar-refractivity contribution is 7.88. The van der Waals surface area contributed by atoms with Gasteiger partial charge in [-0.2, -0.15) is 0 Å². The standard InChI is InChI=1S/C16H31N3O3S/c1-13-10-14(2)12-18(11-13)9-6-17-16(20)15-4-7-19(8-5-15)23(3,21)22/h13-15H,4-12H2,1-3H3,(H,17,20)/t13-,14-/m1/s1. The van der Waals surface area contributed by atoms with Crippen LogP contribution in [0.4, 0.5) is 0 Å². The fourth-order valence-electron chi connectivity index (χ4n) is 3.91. The van der Waals surface area contributed by atoms with Gasteiger partial charge in [-0.25, -0.2) is 12.7 Å². The topological polar surface area (TPSA) is 69.7 Å². The lowest BCUT2D eigenvalue weighted by atomic mass is 9.92. The Labute approximate surface area is 140 Å². The van der Waals surface area contributed by atoms with Crippen LogP contribution in [-0.2, 0) is 14.8 Å². The van der Waals surface area contributed by atoms with Gasteiger partial charge in [-0.1, -0.05) is 13.8 Å². The first kappa shape index (κ1) is 18.7. The van der Waals surface area contributed by atoms with Crippen LogP contribution >= 0.6 is 0 Å². The summed E-state index contributed by atoms with van der Waals surface area (Å²) in [5, 5.41) is 3.03. The molecule has 0 aromatic carbocycles. The van der Waals surface area contributed by atoms with E-state index < -0.39 is 10.0 Å². The Hall–Kier alpha value is -0.660. The number of hydrogen-bond donors (Lipinski definition) is 1. The Morgan fingerprint density at radius 1 is 1.13 bits per heavy atom. The van der Waals surface area contributed by atoms with Gasteiger partial charge in [0.15, 0.2) is 0 Å². The van der Waals surface area contributed by atoms with E-state index in [0.717, 1.165) is 31.5 Å². The van der Waals surface area contributed by atoms with Gasteiger partial charge >= 0.3 is 0 Å². The smallest absolute Gasteiger partial charge is 0.223 e. The van der Waals surface area contributed by atoms with Gasteiger partial charge in [-0.05, 0) is 31.1 Å². The molecule has 0 aliphatic carbocycles. The molecule has 2 aliphatic rings. The summed E-state index contributed by atoms with van der Waals surface area (Å²) in [5.74, 6) is 1.49. The summed E-state index contributed by atoms with van der Waals surface area (Å²) < 4.78 is 24.4. The predicted octanol–water partition coefficient (Wildman–Crippen LogP) is 0.752. The normalized spacial score (nSPS) is 28.7. The first-order valence-electron chi connectivity index (χ1n) is 8.71. The third-order valence-electron chi connectivity index (χ3n) is 4.97. The van der Waals surface area contributed by atoms with E-state index in [-0.39, 0.29) is 11.8 Å². The maximum atomic E-state index is 12.2. The van der Waals surface area contributed by atoms with Crippen LogP contribution in [0.5, 0.6) is 0 Å². The van der Waals surface area contributed by atoms with Crippen LogP contribution in [0.3, 0.4) is 0 Å². The van der Waals surface area contributed by atoms with E-state index in [9.17, 15) is 13.2 Å². The van der Waals surface area contributed by atoms with Crippen molar-refractivity contribution in [2.75, 3.05) is 45.5 Å². The number of piperidine rings is 2. The number of nitrogens with one attached hydrogen (secondary N) is 1. The molecule has 0 spiro atoms. The van der Waals surface area contributed by atoms with Crippen LogP contribution in [0.1, 0.15) is 33.1 Å². The molecule has 2 aliphatic heterocycles. The summed E-state index contributed by atoms with van der Waals surface area (Å²) in [4.78, 5) is 14.7. The quantitative estimate of drug-likeness (QED) is 0.798. The highest BCUT2D eigenvalue weighted by Crippen LogP contribution is 2.21. The molecule has 0 saturated carbocycles. The van der Waals surface area contributed by atoms with E-state index in [1.807, 2.05) is 0 Å². The predicted molar refractivity (Wildman–Crippen MR) is 91.5 cm³/mol. The van der Waals surface area contributed by atoms with Crippen LogP contribution < -0.4 is 5.32 Å². The molecule has 2 fully saturated rings. The lowest BCUT2D eigenvalue weighted by molar-refractivity contribution is -0.126. The van der Waals surface area contributed by atoms with Crippen molar-refractivity contribution in [2.24, 2.45) is 17.8 Å². The maximum Gasteiger partial charge on any atom is 0.223 e. The first-order chi connectivity index (χ1) is 10.8. The molecule has 0 aromatic rings. The Kier molecular flexibility index (Phi) is 6.45. The fourth-order valence-corrected chi connectivity index (χ4v) is 4.78. The Morgan fingerprint density at radius 3 is 2.22 bits per heavy atom. The molecule has 23 heavy (non-hydrogen) atoms. The number of carbonyl (C=O) groups is 1. The second-order valence-corrected chi connectivity index (χ2v) is 9.42. The van der Waals surface area contributed by atoms with Gasteiger partial charge in [-0.3, -0.25) is 4.79 Å². The zero-order valence-corrected chi connectivity index (χ0v) is 15.4. The summed E-state index contributed by atoms with van der Waals surface area (Å²) in [5.41, 5.74) is 0. The minimum absolute atomic E-state index is 0.0489. The first-order valence-corrected chi connectivity index (χ1v) is 10.6. The molecule has 2 rings (SSSR count). The van der Waals surface area contributed by atoms with E-state index in [1.54, 1.807) is 0 Å². The van der Waals surface area contributed by atoms with Crippen molar-refractivity contribution in [1.82, 2.24) is 14.5 Å². The number of rotatable bonds is 5. The molecule has 2 saturated heterocycles. The molecule has 134 valence electrons. The Balaban J connectivity index is 1.68. The Morgan fingerprint density at radius 2 is 1.70 bits per heavy atom. The molecule has 0 unspecified atom stereocenters. The largest absolute Gasteiger partial charge is 0.355 e. The number of likely N-dealkylation sites (tertiary alicyclic amines) is 1. The molecule has 1 amide bonds. The molecular formula is C16H31N3O3S. The van der Waals surface area contributed by atoms with Gasteiger partial charge < -0.3 is 10.2 Å². The summed E-state index contributed by atoms with van der Waals surface area (Å²) in [6.45, 7) is 9.32. The third kappa shape index (κ3) is 5.72. The highest BCUT2D eigenvalue weighted by Gasteiger charge is 2.29. The molecule has 0 bridgehead atoms. The van der Waals surface area contributed by atoms with Crippen LogP contribution in [-0.4, -0.2) is 69.1 Å². The third-order valence-corrected chi connectivity index (χ3v) is 6.27. The van der Waals surface area contributed by atoms with Crippen molar-refractivity contribution in [3.63, 3.8) is 0 Å². The van der Waals surface area contributed by atoms with Crippen molar-refractivity contribution < 1.29 is 13.2 Å². The molecule has 7 heteroatoms. The van der Waals surface area contributed by atoms with E-state index in [1.165, 1.54) is 17.0 Å². The van der Waals surface area contributed by atoms with Gasteiger partial charge in [0.2, 0.25) is 15.9 Å². The van der Waals surface area contributed by atoms with E-state index in [0.29, 0.717) is 32.5 Å². The fraction of sp³-hybridized carbons (Fsp3) is 0.938. The minimum atomic E-state index is -3.12. The van der Waals surface area contributed by atoms with E-state index in [4.69, 9.17) is 0 Å². The molecular weight excluding hydrogens is 314 g/mol. The summed E-state index contributed by atoms with van der Waals surface area (Å²) in [6, 6.07) is 0. The average molecular weight is 346 g/mol. The van der Waals surface area contributed by atoms with Crippen molar-refractivity contribution in [2.45, 2.75) is 33.1 Å². The molecule has 6 nitrogen and oxygen atoms in total. The molecule has 0 radical (unpaired) electrons. The summed E-state index contributed by atoms with van der Waals surface area (Å²) in [7, 11) is -3.12. The van der Waals surface area contributed by atoms with Crippen LogP contribution in [0.15, 0.2) is 0 Å². The number of hydrogen-bond acceptors (Lipinski definition) is 4. The average Bonchev–Trinajstić information content (AvgIpc) is 2.45. The lowest BCUT2D eigenvalue weighted by Gasteiger charge is -2.35. The molecule has 0 aromatic heterocycles. The van der Waals surface area contributed by atoms with Gasteiger partial charge in [0.05, 0.1) is 6.26 Å². The number of sulfonamides is 1. The maximum absolute atomic E-state index is 12.2. The van der Waals surface area contributed by atoms with Gasteiger partial charge in [-0.15, -0.1) is 0 Å². The minimum Gasteiger partial charge on any atom is -0.355 e. The van der Waals surface area contributed by atoms with Crippen molar-refractivity contribution in [1.29, 1.82) is 0 Å². The lowest BCUT2D eigenvalue weighted by Crippen LogP contribution is -2.45. The van der Waals surface area contributed by atoms with Gasteiger partial charge in [0.1, 0.15) is 0 Å². The Bertz CT molecular complexity index is 491. The van der Waals surface area contributed by atoms with E-state index in [2.05, 4.69) is 24.1 Å². The molecule has 2 heterocycles. The molecule has 1 N–H and O–H groups in total. The monoisotopic (exact) mass is 345 g/mol. The van der Waals surface area contributed by atoms with Crippen LogP contribution in [0.2, 0.25) is 0 Å². The zero-order chi connectivity index (χ0) is 17.0. The van der Waals surface area contributed by atoms with E-state index >= 15 is 0 Å².